The fourth-order valence-corrected chi connectivity index (χ4v) is 2.71. The molecule has 0 radical (unpaired) electrons. The normalized spacial score (nSPS) is 12.0. The molecule has 2 aromatic carbocycles. The molecular weight excluding hydrogens is 349 g/mol. The Morgan fingerprint density at radius 2 is 1.96 bits per heavy atom. The Hall–Kier alpha value is -2.29. The lowest BCUT2D eigenvalue weighted by atomic mass is 9.79. The van der Waals surface area contributed by atoms with Gasteiger partial charge < -0.3 is 20.5 Å². The summed E-state index contributed by atoms with van der Waals surface area (Å²) in [5.41, 5.74) is 7.96. The number of nitrogens with two attached hydrogens (primary N) is 1. The SMILES string of the molecule is CC(C)Oc1ccc(B(O)O)cc1C=NN=C(N)SCc1ccccc1. The maximum atomic E-state index is 9.33. The van der Waals surface area contributed by atoms with Gasteiger partial charge in [0.15, 0.2) is 5.17 Å². The van der Waals surface area contributed by atoms with Gasteiger partial charge in [-0.15, -0.1) is 5.10 Å². The van der Waals surface area contributed by atoms with Crippen LogP contribution in [0.1, 0.15) is 25.0 Å². The molecule has 0 amide bonds. The minimum Gasteiger partial charge on any atom is -0.490 e. The molecule has 0 saturated heterocycles. The lowest BCUT2D eigenvalue weighted by Gasteiger charge is -2.13. The topological polar surface area (TPSA) is 100 Å². The Morgan fingerprint density at radius 3 is 2.62 bits per heavy atom. The van der Waals surface area contributed by atoms with Gasteiger partial charge in [0.05, 0.1) is 12.3 Å². The Kier molecular flexibility index (Phi) is 7.71. The summed E-state index contributed by atoms with van der Waals surface area (Å²) in [6.45, 7) is 3.82. The van der Waals surface area contributed by atoms with Crippen molar-refractivity contribution in [2.75, 3.05) is 0 Å². The predicted octanol–water partition coefficient (Wildman–Crippen LogP) is 1.74. The van der Waals surface area contributed by atoms with Crippen molar-refractivity contribution in [1.82, 2.24) is 0 Å². The third-order valence-electron chi connectivity index (χ3n) is 3.28. The van der Waals surface area contributed by atoms with Crippen LogP contribution in [-0.2, 0) is 5.75 Å². The number of hydrogen-bond acceptors (Lipinski definition) is 6. The van der Waals surface area contributed by atoms with Crippen LogP contribution in [0, 0.1) is 0 Å². The summed E-state index contributed by atoms with van der Waals surface area (Å²) in [7, 11) is -1.56. The van der Waals surface area contributed by atoms with Gasteiger partial charge in [-0.3, -0.25) is 0 Å². The minimum atomic E-state index is -1.56. The minimum absolute atomic E-state index is 0.0259. The highest BCUT2D eigenvalue weighted by atomic mass is 32.2. The van der Waals surface area contributed by atoms with Crippen molar-refractivity contribution in [2.45, 2.75) is 25.7 Å². The van der Waals surface area contributed by atoms with Gasteiger partial charge >= 0.3 is 7.12 Å². The van der Waals surface area contributed by atoms with Crippen LogP contribution >= 0.6 is 11.8 Å². The number of ether oxygens (including phenoxy) is 1. The van der Waals surface area contributed by atoms with Gasteiger partial charge in [0, 0.05) is 11.3 Å². The van der Waals surface area contributed by atoms with Gasteiger partial charge in [-0.1, -0.05) is 48.2 Å². The van der Waals surface area contributed by atoms with Gasteiger partial charge in [0.25, 0.3) is 0 Å². The molecule has 0 aliphatic heterocycles. The van der Waals surface area contributed by atoms with Gasteiger partial charge in [0.2, 0.25) is 0 Å². The van der Waals surface area contributed by atoms with Gasteiger partial charge in [-0.2, -0.15) is 5.10 Å². The smallest absolute Gasteiger partial charge is 0.488 e. The fourth-order valence-electron chi connectivity index (χ4n) is 2.10. The van der Waals surface area contributed by atoms with Gasteiger partial charge in [-0.05, 0) is 37.0 Å². The van der Waals surface area contributed by atoms with Gasteiger partial charge in [0.1, 0.15) is 5.75 Å². The summed E-state index contributed by atoms with van der Waals surface area (Å²) in [6, 6.07) is 14.8. The molecule has 0 unspecified atom stereocenters. The maximum Gasteiger partial charge on any atom is 0.488 e. The molecule has 6 nitrogen and oxygen atoms in total. The number of nitrogens with zero attached hydrogens (tertiary/aromatic N) is 2. The van der Waals surface area contributed by atoms with E-state index in [9.17, 15) is 10.0 Å². The van der Waals surface area contributed by atoms with Crippen molar-refractivity contribution in [2.24, 2.45) is 15.9 Å². The molecule has 2 aromatic rings. The molecule has 4 N–H and O–H groups in total. The molecule has 0 saturated carbocycles. The highest BCUT2D eigenvalue weighted by molar-refractivity contribution is 8.13. The van der Waals surface area contributed by atoms with Gasteiger partial charge in [-0.25, -0.2) is 0 Å². The molecular formula is C18H22BN3O3S. The van der Waals surface area contributed by atoms with E-state index < -0.39 is 7.12 Å². The Labute approximate surface area is 157 Å². The number of hydrogen-bond donors (Lipinski definition) is 3. The lowest BCUT2D eigenvalue weighted by molar-refractivity contribution is 0.242. The average Bonchev–Trinajstić information content (AvgIpc) is 2.61. The molecule has 0 heterocycles. The second-order valence-electron chi connectivity index (χ2n) is 5.79. The van der Waals surface area contributed by atoms with Crippen LogP contribution in [-0.4, -0.2) is 34.7 Å². The highest BCUT2D eigenvalue weighted by Crippen LogP contribution is 2.17. The second kappa shape index (κ2) is 10.0. The largest absolute Gasteiger partial charge is 0.490 e. The summed E-state index contributed by atoms with van der Waals surface area (Å²) in [6.07, 6.45) is 1.46. The van der Waals surface area contributed by atoms with E-state index in [0.717, 1.165) is 5.56 Å². The van der Waals surface area contributed by atoms with Crippen LogP contribution in [0.15, 0.2) is 58.7 Å². The van der Waals surface area contributed by atoms with E-state index in [-0.39, 0.29) is 6.10 Å². The third kappa shape index (κ3) is 6.55. The summed E-state index contributed by atoms with van der Waals surface area (Å²) >= 11 is 1.39. The molecule has 2 rings (SSSR count). The van der Waals surface area contributed by atoms with Crippen LogP contribution in [0.5, 0.6) is 5.75 Å². The summed E-state index contributed by atoms with van der Waals surface area (Å²) < 4.78 is 5.70. The summed E-state index contributed by atoms with van der Waals surface area (Å²) in [5, 5.41) is 27.0. The monoisotopic (exact) mass is 371 g/mol. The predicted molar refractivity (Wildman–Crippen MR) is 109 cm³/mol. The zero-order chi connectivity index (χ0) is 18.9. The average molecular weight is 371 g/mol. The van der Waals surface area contributed by atoms with Crippen molar-refractivity contribution < 1.29 is 14.8 Å². The molecule has 0 spiro atoms. The third-order valence-corrected chi connectivity index (χ3v) is 4.13. The maximum absolute atomic E-state index is 9.33. The Bertz CT molecular complexity index is 768. The van der Waals surface area contributed by atoms with E-state index in [1.54, 1.807) is 18.2 Å². The van der Waals surface area contributed by atoms with Crippen molar-refractivity contribution in [3.63, 3.8) is 0 Å². The standard InChI is InChI=1S/C18H22BN3O3S/c1-13(2)25-17-9-8-16(19(23)24)10-15(17)11-21-22-18(20)26-12-14-6-4-3-5-7-14/h3-11,13,23-24H,12H2,1-2H3,(H2,20,22). The van der Waals surface area contributed by atoms with Crippen LogP contribution in [0.3, 0.4) is 0 Å². The molecule has 136 valence electrons. The number of thioether (sulfide) groups is 1. The zero-order valence-electron chi connectivity index (χ0n) is 14.7. The molecule has 0 aliphatic carbocycles. The molecule has 8 heteroatoms. The molecule has 0 aromatic heterocycles. The van der Waals surface area contributed by atoms with E-state index in [1.807, 2.05) is 44.2 Å². The van der Waals surface area contributed by atoms with Crippen molar-refractivity contribution in [3.05, 3.63) is 59.7 Å². The second-order valence-corrected chi connectivity index (χ2v) is 6.79. The summed E-state index contributed by atoms with van der Waals surface area (Å²) in [5.74, 6) is 1.29. The van der Waals surface area contributed by atoms with E-state index in [4.69, 9.17) is 10.5 Å². The van der Waals surface area contributed by atoms with E-state index in [2.05, 4.69) is 10.2 Å². The highest BCUT2D eigenvalue weighted by Gasteiger charge is 2.14. The van der Waals surface area contributed by atoms with Crippen LogP contribution in [0.4, 0.5) is 0 Å². The van der Waals surface area contributed by atoms with Crippen LogP contribution in [0.25, 0.3) is 0 Å². The van der Waals surface area contributed by atoms with Crippen molar-refractivity contribution in [1.29, 1.82) is 0 Å². The fraction of sp³-hybridized carbons (Fsp3) is 0.222. The molecule has 0 atom stereocenters. The van der Waals surface area contributed by atoms with Crippen molar-refractivity contribution in [3.8, 4) is 5.75 Å². The molecule has 0 aliphatic rings. The number of benzene rings is 2. The quantitative estimate of drug-likeness (QED) is 0.298. The number of rotatable bonds is 7. The molecule has 0 fully saturated rings. The molecule has 0 bridgehead atoms. The van der Waals surface area contributed by atoms with Crippen LogP contribution < -0.4 is 15.9 Å². The first-order chi connectivity index (χ1) is 12.5. The zero-order valence-corrected chi connectivity index (χ0v) is 15.6. The van der Waals surface area contributed by atoms with E-state index in [0.29, 0.717) is 27.7 Å². The Balaban J connectivity index is 2.08. The summed E-state index contributed by atoms with van der Waals surface area (Å²) in [4.78, 5) is 0. The van der Waals surface area contributed by atoms with E-state index in [1.165, 1.54) is 18.0 Å². The van der Waals surface area contributed by atoms with Crippen molar-refractivity contribution >= 4 is 35.7 Å². The van der Waals surface area contributed by atoms with E-state index >= 15 is 0 Å². The first kappa shape index (κ1) is 20.0. The first-order valence-corrected chi connectivity index (χ1v) is 9.14. The molecule has 26 heavy (non-hydrogen) atoms. The number of amidine groups is 1. The van der Waals surface area contributed by atoms with Crippen LogP contribution in [0.2, 0.25) is 0 Å². The first-order valence-electron chi connectivity index (χ1n) is 8.15. The lowest BCUT2D eigenvalue weighted by Crippen LogP contribution is -2.30. The Morgan fingerprint density at radius 1 is 1.23 bits per heavy atom.